The number of carbonyl (C=O) groups excluding carboxylic acids is 1. The fraction of sp³-hybridized carbons (Fsp3) is 0. The molecule has 1 amide bonds. The second-order valence-electron chi connectivity index (χ2n) is 4.89. The van der Waals surface area contributed by atoms with Gasteiger partial charge in [0, 0.05) is 22.2 Å². The highest BCUT2D eigenvalue weighted by atomic mass is 35.5. The molecular formula is C17H11Cl2N3OS. The van der Waals surface area contributed by atoms with Crippen molar-refractivity contribution >= 4 is 62.9 Å². The average Bonchev–Trinajstić information content (AvgIpc) is 2.57. The van der Waals surface area contributed by atoms with Gasteiger partial charge < -0.3 is 5.32 Å². The molecule has 0 fully saturated rings. The number of pyridine rings is 1. The molecule has 0 radical (unpaired) electrons. The zero-order valence-corrected chi connectivity index (χ0v) is 14.5. The number of amides is 1. The summed E-state index contributed by atoms with van der Waals surface area (Å²) in [5, 5.41) is 8.04. The molecule has 0 saturated heterocycles. The molecule has 0 aliphatic heterocycles. The number of carbonyl (C=O) groups is 1. The molecule has 0 spiro atoms. The fourth-order valence-electron chi connectivity index (χ4n) is 2.27. The van der Waals surface area contributed by atoms with Crippen molar-refractivity contribution in [1.82, 2.24) is 10.3 Å². The quantitative estimate of drug-likeness (QED) is 0.504. The standard InChI is InChI=1S/C17H11Cl2N3OS/c18-13-7-2-4-10-11(13)5-1-6-12(10)16(23)22-17(24)21-14-8-3-9-20-15(14)19/h1-9H,(H2,21,22,23,24). The Hall–Kier alpha value is -2.21. The monoisotopic (exact) mass is 375 g/mol. The number of nitrogens with one attached hydrogen (secondary N) is 2. The predicted octanol–water partition coefficient (Wildman–Crippen LogP) is 4.67. The second kappa shape index (κ2) is 7.13. The van der Waals surface area contributed by atoms with Crippen LogP contribution in [0.3, 0.4) is 0 Å². The Kier molecular flexibility index (Phi) is 4.94. The SMILES string of the molecule is O=C(NC(=S)Nc1cccnc1Cl)c1cccc2c(Cl)cccc12. The highest BCUT2D eigenvalue weighted by molar-refractivity contribution is 7.80. The Bertz CT molecular complexity index is 946. The van der Waals surface area contributed by atoms with Crippen molar-refractivity contribution in [3.05, 3.63) is 70.5 Å². The van der Waals surface area contributed by atoms with E-state index in [0.717, 1.165) is 10.8 Å². The maximum atomic E-state index is 12.5. The van der Waals surface area contributed by atoms with E-state index < -0.39 is 0 Å². The number of anilines is 1. The molecule has 7 heteroatoms. The molecule has 24 heavy (non-hydrogen) atoms. The van der Waals surface area contributed by atoms with Gasteiger partial charge in [-0.1, -0.05) is 47.5 Å². The molecule has 0 unspecified atom stereocenters. The minimum absolute atomic E-state index is 0.133. The molecule has 3 rings (SSSR count). The van der Waals surface area contributed by atoms with Crippen LogP contribution in [0.25, 0.3) is 10.8 Å². The largest absolute Gasteiger partial charge is 0.330 e. The first-order valence-electron chi connectivity index (χ1n) is 6.96. The zero-order valence-electron chi connectivity index (χ0n) is 12.2. The Morgan fingerprint density at radius 3 is 2.54 bits per heavy atom. The van der Waals surface area contributed by atoms with Crippen LogP contribution in [0.15, 0.2) is 54.7 Å². The van der Waals surface area contributed by atoms with E-state index in [4.69, 9.17) is 35.4 Å². The van der Waals surface area contributed by atoms with Crippen LogP contribution >= 0.6 is 35.4 Å². The Labute approximate surface area is 153 Å². The van der Waals surface area contributed by atoms with Gasteiger partial charge in [0.25, 0.3) is 5.91 Å². The first-order valence-corrected chi connectivity index (χ1v) is 8.13. The second-order valence-corrected chi connectivity index (χ2v) is 6.06. The molecule has 0 saturated carbocycles. The van der Waals surface area contributed by atoms with Crippen LogP contribution in [-0.2, 0) is 0 Å². The van der Waals surface area contributed by atoms with E-state index in [1.807, 2.05) is 12.1 Å². The third-order valence-corrected chi connectivity index (χ3v) is 4.18. The van der Waals surface area contributed by atoms with E-state index in [1.165, 1.54) is 0 Å². The molecule has 2 N–H and O–H groups in total. The highest BCUT2D eigenvalue weighted by Crippen LogP contribution is 2.26. The van der Waals surface area contributed by atoms with Crippen molar-refractivity contribution < 1.29 is 4.79 Å². The van der Waals surface area contributed by atoms with Crippen molar-refractivity contribution in [2.45, 2.75) is 0 Å². The smallest absolute Gasteiger partial charge is 0.258 e. The van der Waals surface area contributed by atoms with Crippen LogP contribution < -0.4 is 10.6 Å². The van der Waals surface area contributed by atoms with Crippen molar-refractivity contribution in [3.8, 4) is 0 Å². The maximum absolute atomic E-state index is 12.5. The molecule has 0 atom stereocenters. The van der Waals surface area contributed by atoms with E-state index >= 15 is 0 Å². The number of benzene rings is 2. The maximum Gasteiger partial charge on any atom is 0.258 e. The summed E-state index contributed by atoms with van der Waals surface area (Å²) in [6.45, 7) is 0. The van der Waals surface area contributed by atoms with Crippen LogP contribution in [0.4, 0.5) is 5.69 Å². The number of thiocarbonyl (C=S) groups is 1. The lowest BCUT2D eigenvalue weighted by atomic mass is 10.0. The van der Waals surface area contributed by atoms with Gasteiger partial charge in [-0.05, 0) is 41.9 Å². The van der Waals surface area contributed by atoms with E-state index in [-0.39, 0.29) is 16.2 Å². The van der Waals surface area contributed by atoms with Gasteiger partial charge in [-0.15, -0.1) is 0 Å². The Balaban J connectivity index is 1.82. The number of rotatable bonds is 2. The van der Waals surface area contributed by atoms with Crippen LogP contribution in [-0.4, -0.2) is 16.0 Å². The van der Waals surface area contributed by atoms with Gasteiger partial charge in [-0.3, -0.25) is 10.1 Å². The van der Waals surface area contributed by atoms with Gasteiger partial charge >= 0.3 is 0 Å². The molecule has 1 aromatic heterocycles. The zero-order chi connectivity index (χ0) is 17.1. The van der Waals surface area contributed by atoms with Crippen molar-refractivity contribution in [3.63, 3.8) is 0 Å². The van der Waals surface area contributed by atoms with Gasteiger partial charge in [0.15, 0.2) is 10.3 Å². The normalized spacial score (nSPS) is 10.4. The highest BCUT2D eigenvalue weighted by Gasteiger charge is 2.13. The summed E-state index contributed by atoms with van der Waals surface area (Å²) >= 11 is 17.3. The number of fused-ring (bicyclic) bond motifs is 1. The summed E-state index contributed by atoms with van der Waals surface area (Å²) in [5.41, 5.74) is 1.00. The van der Waals surface area contributed by atoms with Gasteiger partial charge in [-0.2, -0.15) is 0 Å². The summed E-state index contributed by atoms with van der Waals surface area (Å²) < 4.78 is 0. The number of hydrogen-bond acceptors (Lipinski definition) is 3. The van der Waals surface area contributed by atoms with Crippen LogP contribution in [0.2, 0.25) is 10.2 Å². The Morgan fingerprint density at radius 2 is 1.75 bits per heavy atom. The van der Waals surface area contributed by atoms with Crippen LogP contribution in [0, 0.1) is 0 Å². The van der Waals surface area contributed by atoms with Crippen molar-refractivity contribution in [2.24, 2.45) is 0 Å². The first-order chi connectivity index (χ1) is 11.6. The van der Waals surface area contributed by atoms with E-state index in [2.05, 4.69) is 15.6 Å². The van der Waals surface area contributed by atoms with Crippen LogP contribution in [0.5, 0.6) is 0 Å². The van der Waals surface area contributed by atoms with Gasteiger partial charge in [0.05, 0.1) is 5.69 Å². The molecule has 0 aliphatic carbocycles. The topological polar surface area (TPSA) is 54.0 Å². The molecule has 3 aromatic rings. The van der Waals surface area contributed by atoms with E-state index in [0.29, 0.717) is 16.3 Å². The molecule has 4 nitrogen and oxygen atoms in total. The van der Waals surface area contributed by atoms with Crippen molar-refractivity contribution in [1.29, 1.82) is 0 Å². The molecule has 0 bridgehead atoms. The number of halogens is 2. The summed E-state index contributed by atoms with van der Waals surface area (Å²) in [6.07, 6.45) is 1.56. The lowest BCUT2D eigenvalue weighted by Gasteiger charge is -2.11. The van der Waals surface area contributed by atoms with Gasteiger partial charge in [0.1, 0.15) is 0 Å². The number of nitrogens with zero attached hydrogens (tertiary/aromatic N) is 1. The number of aromatic nitrogens is 1. The minimum Gasteiger partial charge on any atom is -0.330 e. The third kappa shape index (κ3) is 3.48. The summed E-state index contributed by atoms with van der Waals surface area (Å²) in [5.74, 6) is -0.333. The lowest BCUT2D eigenvalue weighted by Crippen LogP contribution is -2.34. The molecule has 2 aromatic carbocycles. The Morgan fingerprint density at radius 1 is 1.00 bits per heavy atom. The molecule has 0 aliphatic rings. The first kappa shape index (κ1) is 16.6. The molecule has 120 valence electrons. The van der Waals surface area contributed by atoms with Crippen molar-refractivity contribution in [2.75, 3.05) is 5.32 Å². The summed E-state index contributed by atoms with van der Waals surface area (Å²) in [4.78, 5) is 16.5. The summed E-state index contributed by atoms with van der Waals surface area (Å²) in [6, 6.07) is 14.2. The summed E-state index contributed by atoms with van der Waals surface area (Å²) in [7, 11) is 0. The van der Waals surface area contributed by atoms with E-state index in [1.54, 1.807) is 42.6 Å². The van der Waals surface area contributed by atoms with Gasteiger partial charge in [0.2, 0.25) is 0 Å². The average molecular weight is 376 g/mol. The number of hydrogen-bond donors (Lipinski definition) is 2. The third-order valence-electron chi connectivity index (χ3n) is 3.35. The predicted molar refractivity (Wildman–Crippen MR) is 102 cm³/mol. The lowest BCUT2D eigenvalue weighted by molar-refractivity contribution is 0.0979. The van der Waals surface area contributed by atoms with Crippen LogP contribution in [0.1, 0.15) is 10.4 Å². The minimum atomic E-state index is -0.333. The molecular weight excluding hydrogens is 365 g/mol. The molecule has 1 heterocycles. The van der Waals surface area contributed by atoms with E-state index in [9.17, 15) is 4.79 Å². The van der Waals surface area contributed by atoms with Gasteiger partial charge in [-0.25, -0.2) is 4.98 Å². The fourth-order valence-corrected chi connectivity index (χ4v) is 2.88.